The number of hydrogen-bond acceptors (Lipinski definition) is 2. The van der Waals surface area contributed by atoms with Gasteiger partial charge in [0.05, 0.1) is 13.1 Å². The number of guanidine groups is 2. The van der Waals surface area contributed by atoms with Gasteiger partial charge in [-0.2, -0.15) is 0 Å². The van der Waals surface area contributed by atoms with Crippen molar-refractivity contribution in [3.05, 3.63) is 35.4 Å². The Morgan fingerprint density at radius 1 is 0.600 bits per heavy atom. The van der Waals surface area contributed by atoms with Gasteiger partial charge in [-0.05, 0) is 11.1 Å². The second-order valence-corrected chi connectivity index (χ2v) is 6.63. The van der Waals surface area contributed by atoms with Crippen LogP contribution >= 0.6 is 24.0 Å². The zero-order chi connectivity index (χ0) is 18.3. The first kappa shape index (κ1) is 23.5. The molecule has 0 aliphatic heterocycles. The first-order valence-electron chi connectivity index (χ1n) is 8.08. The maximum absolute atomic E-state index is 4.67. The minimum atomic E-state index is 0. The number of benzene rings is 1. The van der Waals surface area contributed by atoms with Gasteiger partial charge in [0.2, 0.25) is 0 Å². The monoisotopic (exact) mass is 460 g/mol. The third kappa shape index (κ3) is 7.94. The molecule has 1 rings (SSSR count). The Kier molecular flexibility index (Phi) is 10.5. The molecule has 0 atom stereocenters. The van der Waals surface area contributed by atoms with Crippen LogP contribution in [0.4, 0.5) is 0 Å². The summed E-state index contributed by atoms with van der Waals surface area (Å²) in [6.07, 6.45) is 0. The lowest BCUT2D eigenvalue weighted by molar-refractivity contribution is 0.479. The average Bonchev–Trinajstić information content (AvgIpc) is 2.47. The van der Waals surface area contributed by atoms with Crippen LogP contribution in [0.5, 0.6) is 0 Å². The molecule has 0 aliphatic carbocycles. The maximum Gasteiger partial charge on any atom is 0.195 e. The summed E-state index contributed by atoms with van der Waals surface area (Å²) in [4.78, 5) is 17.4. The number of halogens is 1. The highest BCUT2D eigenvalue weighted by Gasteiger charge is 2.05. The van der Waals surface area contributed by atoms with Gasteiger partial charge in [-0.3, -0.25) is 0 Å². The van der Waals surface area contributed by atoms with Gasteiger partial charge in [0.15, 0.2) is 11.9 Å². The zero-order valence-electron chi connectivity index (χ0n) is 16.8. The lowest BCUT2D eigenvalue weighted by Crippen LogP contribution is -2.35. The molecule has 0 aromatic heterocycles. The largest absolute Gasteiger partial charge is 0.349 e. The predicted molar refractivity (Wildman–Crippen MR) is 119 cm³/mol. The van der Waals surface area contributed by atoms with Crippen LogP contribution in [-0.2, 0) is 13.1 Å². The Hall–Kier alpha value is -1.51. The quantitative estimate of drug-likeness (QED) is 0.393. The topological polar surface area (TPSA) is 37.7 Å². The van der Waals surface area contributed by atoms with Gasteiger partial charge in [0.25, 0.3) is 0 Å². The third-order valence-electron chi connectivity index (χ3n) is 3.43. The van der Waals surface area contributed by atoms with Gasteiger partial charge in [0.1, 0.15) is 0 Å². The lowest BCUT2D eigenvalue weighted by Gasteiger charge is -2.22. The average molecular weight is 460 g/mol. The molecule has 0 saturated heterocycles. The van der Waals surface area contributed by atoms with Crippen molar-refractivity contribution in [2.24, 2.45) is 9.98 Å². The molecule has 1 aromatic rings. The van der Waals surface area contributed by atoms with Crippen LogP contribution in [0.15, 0.2) is 34.3 Å². The molecule has 1 aromatic carbocycles. The second-order valence-electron chi connectivity index (χ2n) is 6.63. The fourth-order valence-electron chi connectivity index (χ4n) is 2.44. The summed E-state index contributed by atoms with van der Waals surface area (Å²) in [5.41, 5.74) is 2.40. The van der Waals surface area contributed by atoms with E-state index < -0.39 is 0 Å². The normalized spacial score (nSPS) is 9.60. The zero-order valence-corrected chi connectivity index (χ0v) is 19.1. The van der Waals surface area contributed by atoms with E-state index in [1.165, 1.54) is 11.1 Å². The molecule has 25 heavy (non-hydrogen) atoms. The Morgan fingerprint density at radius 2 is 0.840 bits per heavy atom. The summed E-state index contributed by atoms with van der Waals surface area (Å²) in [5.74, 6) is 1.93. The van der Waals surface area contributed by atoms with Crippen LogP contribution in [-0.4, -0.2) is 87.9 Å². The summed E-state index contributed by atoms with van der Waals surface area (Å²) in [6, 6.07) is 8.51. The molecule has 0 N–H and O–H groups in total. The molecule has 0 spiro atoms. The van der Waals surface area contributed by atoms with E-state index in [1.807, 2.05) is 76.0 Å². The summed E-state index contributed by atoms with van der Waals surface area (Å²) >= 11 is 0. The number of nitrogens with zero attached hydrogens (tertiary/aromatic N) is 6. The van der Waals surface area contributed by atoms with Crippen molar-refractivity contribution in [2.45, 2.75) is 13.1 Å². The molecule has 0 heterocycles. The summed E-state index contributed by atoms with van der Waals surface area (Å²) in [5, 5.41) is 0. The fourth-order valence-corrected chi connectivity index (χ4v) is 2.44. The first-order chi connectivity index (χ1) is 11.2. The van der Waals surface area contributed by atoms with Crippen molar-refractivity contribution < 1.29 is 0 Å². The molecule has 0 amide bonds. The van der Waals surface area contributed by atoms with E-state index in [0.717, 1.165) is 11.9 Å². The van der Waals surface area contributed by atoms with Crippen LogP contribution in [0.25, 0.3) is 0 Å². The van der Waals surface area contributed by atoms with Gasteiger partial charge in [-0.25, -0.2) is 9.98 Å². The summed E-state index contributed by atoms with van der Waals surface area (Å²) in [7, 11) is 16.1. The molecular formula is C18H33IN6. The van der Waals surface area contributed by atoms with Crippen molar-refractivity contribution in [2.75, 3.05) is 56.4 Å². The maximum atomic E-state index is 4.67. The van der Waals surface area contributed by atoms with Crippen LogP contribution in [0.3, 0.4) is 0 Å². The highest BCUT2D eigenvalue weighted by molar-refractivity contribution is 14.0. The van der Waals surface area contributed by atoms with Crippen LogP contribution in [0.1, 0.15) is 11.1 Å². The number of rotatable bonds is 4. The third-order valence-corrected chi connectivity index (χ3v) is 3.43. The molecule has 0 fully saturated rings. The van der Waals surface area contributed by atoms with Crippen molar-refractivity contribution in [3.8, 4) is 0 Å². The van der Waals surface area contributed by atoms with Crippen LogP contribution in [0, 0.1) is 0 Å². The first-order valence-corrected chi connectivity index (χ1v) is 8.08. The molecule has 0 radical (unpaired) electrons. The van der Waals surface area contributed by atoms with Gasteiger partial charge < -0.3 is 19.6 Å². The van der Waals surface area contributed by atoms with Crippen molar-refractivity contribution in [3.63, 3.8) is 0 Å². The van der Waals surface area contributed by atoms with Gasteiger partial charge >= 0.3 is 0 Å². The van der Waals surface area contributed by atoms with Crippen LogP contribution in [0.2, 0.25) is 0 Å². The van der Waals surface area contributed by atoms with Crippen molar-refractivity contribution >= 4 is 35.9 Å². The molecular weight excluding hydrogens is 427 g/mol. The van der Waals surface area contributed by atoms with E-state index in [9.17, 15) is 0 Å². The van der Waals surface area contributed by atoms with Crippen molar-refractivity contribution in [1.29, 1.82) is 0 Å². The Labute approximate surface area is 170 Å². The van der Waals surface area contributed by atoms with E-state index in [2.05, 4.69) is 34.3 Å². The second kappa shape index (κ2) is 11.2. The summed E-state index contributed by atoms with van der Waals surface area (Å²) in [6.45, 7) is 1.35. The van der Waals surface area contributed by atoms with E-state index in [-0.39, 0.29) is 24.0 Å². The minimum Gasteiger partial charge on any atom is -0.349 e. The Morgan fingerprint density at radius 3 is 1.04 bits per heavy atom. The Balaban J connectivity index is 0.00000576. The molecule has 0 saturated carbocycles. The van der Waals surface area contributed by atoms with E-state index in [4.69, 9.17) is 0 Å². The molecule has 7 heteroatoms. The Bertz CT molecular complexity index is 490. The molecule has 0 bridgehead atoms. The lowest BCUT2D eigenvalue weighted by atomic mass is 10.1. The number of aliphatic imine (C=N–C) groups is 2. The highest BCUT2D eigenvalue weighted by Crippen LogP contribution is 2.08. The SMILES string of the molecule is CN(C)C(=NCc1ccc(CN=C(N(C)C)N(C)C)cc1)N(C)C.I. The molecule has 0 aliphatic rings. The minimum absolute atomic E-state index is 0. The van der Waals surface area contributed by atoms with Gasteiger partial charge in [-0.15, -0.1) is 24.0 Å². The fraction of sp³-hybridized carbons (Fsp3) is 0.556. The van der Waals surface area contributed by atoms with E-state index in [0.29, 0.717) is 13.1 Å². The van der Waals surface area contributed by atoms with Crippen LogP contribution < -0.4 is 0 Å². The smallest absolute Gasteiger partial charge is 0.195 e. The highest BCUT2D eigenvalue weighted by atomic mass is 127. The van der Waals surface area contributed by atoms with Gasteiger partial charge in [-0.1, -0.05) is 24.3 Å². The van der Waals surface area contributed by atoms with E-state index in [1.54, 1.807) is 0 Å². The molecule has 6 nitrogen and oxygen atoms in total. The molecule has 0 unspecified atom stereocenters. The number of hydrogen-bond donors (Lipinski definition) is 0. The summed E-state index contributed by atoms with van der Waals surface area (Å²) < 4.78 is 0. The molecule has 142 valence electrons. The predicted octanol–water partition coefficient (Wildman–Crippen LogP) is 2.26. The standard InChI is InChI=1S/C18H32N6.HI/c1-21(2)17(22(3)4)19-13-15-9-11-16(12-10-15)14-20-18(23(5)6)24(7)8;/h9-12H,13-14H2,1-8H3;1H. The van der Waals surface area contributed by atoms with Crippen molar-refractivity contribution in [1.82, 2.24) is 19.6 Å². The van der Waals surface area contributed by atoms with Gasteiger partial charge in [0, 0.05) is 56.4 Å². The van der Waals surface area contributed by atoms with E-state index >= 15 is 0 Å².